The molecule has 0 fully saturated rings. The maximum absolute atomic E-state index is 12.6. The molecule has 37 heavy (non-hydrogen) atoms. The maximum Gasteiger partial charge on any atom is 0.343 e. The topological polar surface area (TPSA) is 52.6 Å². The summed E-state index contributed by atoms with van der Waals surface area (Å²) in [5.41, 5.74) is 4.64. The zero-order chi connectivity index (χ0) is 25.9. The van der Waals surface area contributed by atoms with Crippen molar-refractivity contribution < 1.29 is 19.1 Å². The predicted molar refractivity (Wildman–Crippen MR) is 146 cm³/mol. The van der Waals surface area contributed by atoms with Crippen LogP contribution in [0.3, 0.4) is 0 Å². The van der Waals surface area contributed by atoms with E-state index < -0.39 is 5.97 Å². The molecule has 0 amide bonds. The van der Waals surface area contributed by atoms with Gasteiger partial charge in [-0.3, -0.25) is 0 Å². The van der Waals surface area contributed by atoms with Gasteiger partial charge in [0.2, 0.25) is 0 Å². The molecule has 0 bridgehead atoms. The largest absolute Gasteiger partial charge is 0.462 e. The molecule has 0 aliphatic heterocycles. The normalized spacial score (nSPS) is 10.2. The van der Waals surface area contributed by atoms with Crippen LogP contribution in [-0.4, -0.2) is 18.5 Å². The first-order valence-electron chi connectivity index (χ1n) is 12.4. The van der Waals surface area contributed by atoms with Gasteiger partial charge in [0, 0.05) is 11.1 Å². The van der Waals surface area contributed by atoms with E-state index in [2.05, 4.69) is 18.8 Å². The summed E-state index contributed by atoms with van der Waals surface area (Å²) in [6.45, 7) is 2.56. The summed E-state index contributed by atoms with van der Waals surface area (Å²) in [7, 11) is 0. The third-order valence-electron chi connectivity index (χ3n) is 5.75. The van der Waals surface area contributed by atoms with E-state index in [-0.39, 0.29) is 5.97 Å². The Labute approximate surface area is 217 Å². The van der Waals surface area contributed by atoms with Gasteiger partial charge in [0.15, 0.2) is 0 Å². The summed E-state index contributed by atoms with van der Waals surface area (Å²) in [6, 6.07) is 31.3. The average molecular weight is 489 g/mol. The van der Waals surface area contributed by atoms with Gasteiger partial charge in [0.25, 0.3) is 0 Å². The monoisotopic (exact) mass is 488 g/mol. The second-order valence-corrected chi connectivity index (χ2v) is 8.53. The molecule has 4 rings (SSSR count). The number of hydrogen-bond donors (Lipinski definition) is 0. The van der Waals surface area contributed by atoms with Gasteiger partial charge < -0.3 is 9.47 Å². The molecule has 4 nitrogen and oxygen atoms in total. The van der Waals surface area contributed by atoms with Crippen molar-refractivity contribution in [1.82, 2.24) is 0 Å². The Bertz CT molecular complexity index is 1380. The van der Waals surface area contributed by atoms with Gasteiger partial charge in [-0.05, 0) is 78.2 Å². The van der Waals surface area contributed by atoms with Gasteiger partial charge in [0.1, 0.15) is 5.75 Å². The second-order valence-electron chi connectivity index (χ2n) is 8.53. The van der Waals surface area contributed by atoms with Crippen LogP contribution in [0.1, 0.15) is 58.0 Å². The number of esters is 2. The number of rotatable bonds is 8. The van der Waals surface area contributed by atoms with E-state index in [1.807, 2.05) is 54.6 Å². The van der Waals surface area contributed by atoms with E-state index in [1.165, 1.54) is 0 Å². The van der Waals surface area contributed by atoms with Crippen LogP contribution < -0.4 is 4.74 Å². The number of unbranched alkanes of at least 4 members (excludes halogenated alkanes) is 2. The number of benzene rings is 4. The first-order valence-corrected chi connectivity index (χ1v) is 12.4. The highest BCUT2D eigenvalue weighted by molar-refractivity contribution is 5.91. The minimum absolute atomic E-state index is 0.304. The summed E-state index contributed by atoms with van der Waals surface area (Å²) < 4.78 is 10.8. The molecule has 4 aromatic carbocycles. The molecule has 0 saturated carbocycles. The lowest BCUT2D eigenvalue weighted by Gasteiger charge is -2.08. The van der Waals surface area contributed by atoms with Gasteiger partial charge in [-0.1, -0.05) is 74.1 Å². The quantitative estimate of drug-likeness (QED) is 0.113. The van der Waals surface area contributed by atoms with E-state index in [1.54, 1.807) is 48.5 Å². The molecule has 0 unspecified atom stereocenters. The fraction of sp³-hybridized carbons (Fsp3) is 0.152. The van der Waals surface area contributed by atoms with Crippen LogP contribution in [-0.2, 0) is 4.74 Å². The molecule has 184 valence electrons. The Kier molecular flexibility index (Phi) is 8.88. The van der Waals surface area contributed by atoms with Gasteiger partial charge in [-0.2, -0.15) is 0 Å². The molecule has 0 saturated heterocycles. The van der Waals surface area contributed by atoms with Crippen LogP contribution in [0.5, 0.6) is 5.75 Å². The third-order valence-corrected chi connectivity index (χ3v) is 5.75. The minimum atomic E-state index is -0.433. The standard InChI is InChI=1S/C33H28O4/c1-2-3-7-24-36-32(34)29-18-16-27(17-19-29)28-20-22-31(23-21-28)37-33(35)30-14-12-26(13-15-30)11-10-25-8-5-4-6-9-25/h4-6,8-9,12-23H,2-3,7,24H2,1H3. The average Bonchev–Trinajstić information content (AvgIpc) is 2.95. The Morgan fingerprint density at radius 3 is 1.78 bits per heavy atom. The fourth-order valence-electron chi connectivity index (χ4n) is 3.64. The number of carbonyl (C=O) groups excluding carboxylic acids is 2. The van der Waals surface area contributed by atoms with Crippen molar-refractivity contribution in [3.63, 3.8) is 0 Å². The highest BCUT2D eigenvalue weighted by Gasteiger charge is 2.10. The van der Waals surface area contributed by atoms with Crippen LogP contribution in [0.2, 0.25) is 0 Å². The lowest BCUT2D eigenvalue weighted by atomic mass is 10.0. The number of ether oxygens (including phenoxy) is 2. The predicted octanol–water partition coefficient (Wildman–Crippen LogP) is 7.32. The van der Waals surface area contributed by atoms with Gasteiger partial charge in [-0.15, -0.1) is 0 Å². The van der Waals surface area contributed by atoms with Crippen molar-refractivity contribution in [1.29, 1.82) is 0 Å². The first kappa shape index (κ1) is 25.5. The van der Waals surface area contributed by atoms with Gasteiger partial charge >= 0.3 is 11.9 Å². The van der Waals surface area contributed by atoms with Crippen LogP contribution in [0.15, 0.2) is 103 Å². The van der Waals surface area contributed by atoms with Crippen LogP contribution in [0.4, 0.5) is 0 Å². The van der Waals surface area contributed by atoms with E-state index >= 15 is 0 Å². The van der Waals surface area contributed by atoms with E-state index in [0.717, 1.165) is 41.5 Å². The molecule has 0 aliphatic carbocycles. The Morgan fingerprint density at radius 2 is 1.16 bits per heavy atom. The van der Waals surface area contributed by atoms with Crippen molar-refractivity contribution in [3.05, 3.63) is 125 Å². The highest BCUT2D eigenvalue weighted by atomic mass is 16.5. The molecule has 0 spiro atoms. The van der Waals surface area contributed by atoms with Crippen LogP contribution in [0, 0.1) is 11.8 Å². The van der Waals surface area contributed by atoms with Crippen LogP contribution in [0.25, 0.3) is 11.1 Å². The number of hydrogen-bond acceptors (Lipinski definition) is 4. The zero-order valence-corrected chi connectivity index (χ0v) is 20.8. The summed E-state index contributed by atoms with van der Waals surface area (Å²) in [5, 5.41) is 0. The van der Waals surface area contributed by atoms with Crippen LogP contribution >= 0.6 is 0 Å². The smallest absolute Gasteiger partial charge is 0.343 e. The van der Waals surface area contributed by atoms with E-state index in [0.29, 0.717) is 23.5 Å². The fourth-order valence-corrected chi connectivity index (χ4v) is 3.64. The molecule has 0 aromatic heterocycles. The van der Waals surface area contributed by atoms with Crippen molar-refractivity contribution >= 4 is 11.9 Å². The maximum atomic E-state index is 12.6. The molecule has 0 heterocycles. The zero-order valence-electron chi connectivity index (χ0n) is 20.8. The lowest BCUT2D eigenvalue weighted by molar-refractivity contribution is 0.0498. The lowest BCUT2D eigenvalue weighted by Crippen LogP contribution is -2.08. The SMILES string of the molecule is CCCCCOC(=O)c1ccc(-c2ccc(OC(=O)c3ccc(C#Cc4ccccc4)cc3)cc2)cc1. The molecule has 0 N–H and O–H groups in total. The van der Waals surface area contributed by atoms with Crippen molar-refractivity contribution in [2.75, 3.05) is 6.61 Å². The minimum Gasteiger partial charge on any atom is -0.462 e. The molecule has 0 radical (unpaired) electrons. The first-order chi connectivity index (χ1) is 18.1. The Morgan fingerprint density at radius 1 is 0.622 bits per heavy atom. The second kappa shape index (κ2) is 12.9. The third kappa shape index (κ3) is 7.43. The molecule has 0 atom stereocenters. The van der Waals surface area contributed by atoms with Crippen molar-refractivity contribution in [3.8, 4) is 28.7 Å². The van der Waals surface area contributed by atoms with Crippen molar-refractivity contribution in [2.24, 2.45) is 0 Å². The molecular weight excluding hydrogens is 460 g/mol. The van der Waals surface area contributed by atoms with Gasteiger partial charge in [0.05, 0.1) is 17.7 Å². The molecule has 4 heteroatoms. The highest BCUT2D eigenvalue weighted by Crippen LogP contribution is 2.24. The summed E-state index contributed by atoms with van der Waals surface area (Å²) >= 11 is 0. The Balaban J connectivity index is 1.33. The summed E-state index contributed by atoms with van der Waals surface area (Å²) in [5.74, 6) is 5.91. The molecule has 4 aromatic rings. The Hall–Kier alpha value is -4.62. The molecule has 0 aliphatic rings. The van der Waals surface area contributed by atoms with E-state index in [4.69, 9.17) is 9.47 Å². The van der Waals surface area contributed by atoms with Gasteiger partial charge in [-0.25, -0.2) is 9.59 Å². The summed E-state index contributed by atoms with van der Waals surface area (Å²) in [4.78, 5) is 24.7. The summed E-state index contributed by atoms with van der Waals surface area (Å²) in [6.07, 6.45) is 3.02. The van der Waals surface area contributed by atoms with Crippen molar-refractivity contribution in [2.45, 2.75) is 26.2 Å². The molecular formula is C33H28O4. The van der Waals surface area contributed by atoms with E-state index in [9.17, 15) is 9.59 Å². The number of carbonyl (C=O) groups is 2.